The highest BCUT2D eigenvalue weighted by atomic mass is 16.5. The maximum absolute atomic E-state index is 6.47. The number of pyridine rings is 2. The zero-order valence-corrected chi connectivity index (χ0v) is 19.8. The predicted molar refractivity (Wildman–Crippen MR) is 139 cm³/mol. The van der Waals surface area contributed by atoms with Gasteiger partial charge >= 0.3 is 0 Å². The molecular formula is C30H28N4O. The van der Waals surface area contributed by atoms with Crippen molar-refractivity contribution in [1.82, 2.24) is 9.97 Å². The lowest BCUT2D eigenvalue weighted by molar-refractivity contribution is 0.316. The van der Waals surface area contributed by atoms with Crippen molar-refractivity contribution in [2.24, 2.45) is 0 Å². The Labute approximate surface area is 206 Å². The van der Waals surface area contributed by atoms with Gasteiger partial charge in [0.25, 0.3) is 0 Å². The van der Waals surface area contributed by atoms with Crippen LogP contribution >= 0.6 is 0 Å². The molecule has 0 saturated carbocycles. The number of piperidine rings is 1. The molecule has 5 heterocycles. The third kappa shape index (κ3) is 3.29. The Morgan fingerprint density at radius 2 is 1.66 bits per heavy atom. The molecule has 0 aliphatic carbocycles. The Balaban J connectivity index is 1.29. The Bertz CT molecular complexity index is 1380. The van der Waals surface area contributed by atoms with Gasteiger partial charge in [0, 0.05) is 36.2 Å². The normalized spacial score (nSPS) is 24.5. The number of aromatic nitrogens is 2. The topological polar surface area (TPSA) is 41.5 Å². The molecule has 3 aliphatic rings. The van der Waals surface area contributed by atoms with Crippen molar-refractivity contribution in [2.45, 2.75) is 50.2 Å². The first-order chi connectivity index (χ1) is 17.2. The molecule has 5 nitrogen and oxygen atoms in total. The summed E-state index contributed by atoms with van der Waals surface area (Å²) in [6.07, 6.45) is 10.2. The van der Waals surface area contributed by atoms with Crippen LogP contribution in [0.3, 0.4) is 0 Å². The van der Waals surface area contributed by atoms with Gasteiger partial charge in [0.05, 0.1) is 11.4 Å². The Morgan fingerprint density at radius 3 is 2.49 bits per heavy atom. The molecule has 3 unspecified atom stereocenters. The van der Waals surface area contributed by atoms with E-state index in [0.717, 1.165) is 52.7 Å². The first-order valence-electron chi connectivity index (χ1n) is 12.5. The van der Waals surface area contributed by atoms with E-state index >= 15 is 0 Å². The second kappa shape index (κ2) is 7.84. The Kier molecular flexibility index (Phi) is 4.59. The number of nitrogens with zero attached hydrogens (tertiary/aromatic N) is 4. The van der Waals surface area contributed by atoms with E-state index in [1.165, 1.54) is 12.8 Å². The Hall–Kier alpha value is -3.86. The molecule has 4 aromatic rings. The fourth-order valence-electron chi connectivity index (χ4n) is 6.56. The van der Waals surface area contributed by atoms with Gasteiger partial charge in [-0.15, -0.1) is 0 Å². The number of hydrogen-bond acceptors (Lipinski definition) is 5. The highest BCUT2D eigenvalue weighted by Crippen LogP contribution is 2.54. The van der Waals surface area contributed by atoms with Crippen molar-refractivity contribution in [1.29, 1.82) is 0 Å². The van der Waals surface area contributed by atoms with Crippen molar-refractivity contribution < 1.29 is 4.74 Å². The highest BCUT2D eigenvalue weighted by Gasteiger charge is 2.51. The maximum atomic E-state index is 6.47. The van der Waals surface area contributed by atoms with Crippen molar-refractivity contribution in [3.63, 3.8) is 0 Å². The van der Waals surface area contributed by atoms with E-state index in [2.05, 4.69) is 76.3 Å². The first-order valence-corrected chi connectivity index (χ1v) is 12.5. The average molecular weight is 461 g/mol. The molecule has 3 aliphatic heterocycles. The SMILES string of the molecule is CC12CCC(CC(N3c4ccccc4Oc4cc(-c5ccncc5)ccc43)C1)N2c1ccccn1. The summed E-state index contributed by atoms with van der Waals surface area (Å²) in [6.45, 7) is 2.42. The van der Waals surface area contributed by atoms with Crippen LogP contribution in [-0.2, 0) is 0 Å². The third-order valence-corrected chi connectivity index (χ3v) is 8.02. The van der Waals surface area contributed by atoms with Crippen molar-refractivity contribution in [3.8, 4) is 22.6 Å². The van der Waals surface area contributed by atoms with Crippen LogP contribution in [0.1, 0.15) is 32.6 Å². The number of benzene rings is 2. The summed E-state index contributed by atoms with van der Waals surface area (Å²) in [5.41, 5.74) is 4.69. The molecule has 2 aromatic heterocycles. The van der Waals surface area contributed by atoms with Crippen LogP contribution in [0.4, 0.5) is 17.2 Å². The molecular weight excluding hydrogens is 432 g/mol. The third-order valence-electron chi connectivity index (χ3n) is 8.02. The molecule has 2 saturated heterocycles. The van der Waals surface area contributed by atoms with E-state index < -0.39 is 0 Å². The predicted octanol–water partition coefficient (Wildman–Crippen LogP) is 6.98. The summed E-state index contributed by atoms with van der Waals surface area (Å²) < 4.78 is 6.47. The molecule has 0 radical (unpaired) electrons. The minimum atomic E-state index is 0.0896. The highest BCUT2D eigenvalue weighted by molar-refractivity contribution is 5.81. The van der Waals surface area contributed by atoms with Crippen LogP contribution in [0.25, 0.3) is 11.1 Å². The van der Waals surface area contributed by atoms with Crippen LogP contribution in [0.2, 0.25) is 0 Å². The number of rotatable bonds is 3. The number of ether oxygens (including phenoxy) is 1. The van der Waals surface area contributed by atoms with E-state index in [1.54, 1.807) is 0 Å². The van der Waals surface area contributed by atoms with E-state index in [-0.39, 0.29) is 5.54 Å². The summed E-state index contributed by atoms with van der Waals surface area (Å²) >= 11 is 0. The minimum Gasteiger partial charge on any atom is -0.453 e. The first kappa shape index (κ1) is 20.5. The number of anilines is 3. The van der Waals surface area contributed by atoms with Gasteiger partial charge in [-0.2, -0.15) is 0 Å². The fraction of sp³-hybridized carbons (Fsp3) is 0.267. The lowest BCUT2D eigenvalue weighted by atomic mass is 9.85. The smallest absolute Gasteiger partial charge is 0.151 e. The van der Waals surface area contributed by atoms with Crippen LogP contribution in [-0.4, -0.2) is 27.6 Å². The molecule has 2 bridgehead atoms. The van der Waals surface area contributed by atoms with Gasteiger partial charge < -0.3 is 14.5 Å². The molecule has 5 heteroatoms. The molecule has 0 amide bonds. The van der Waals surface area contributed by atoms with E-state index in [9.17, 15) is 0 Å². The minimum absolute atomic E-state index is 0.0896. The quantitative estimate of drug-likeness (QED) is 0.330. The van der Waals surface area contributed by atoms with E-state index in [1.807, 2.05) is 36.8 Å². The molecule has 0 spiro atoms. The maximum Gasteiger partial charge on any atom is 0.151 e. The summed E-state index contributed by atoms with van der Waals surface area (Å²) in [4.78, 5) is 14.0. The average Bonchev–Trinajstić information content (AvgIpc) is 3.12. The molecule has 0 N–H and O–H groups in total. The van der Waals surface area contributed by atoms with Gasteiger partial charge in [0.1, 0.15) is 5.82 Å². The van der Waals surface area contributed by atoms with Gasteiger partial charge in [-0.1, -0.05) is 24.3 Å². The monoisotopic (exact) mass is 460 g/mol. The second-order valence-electron chi connectivity index (χ2n) is 10.2. The van der Waals surface area contributed by atoms with Crippen molar-refractivity contribution >= 4 is 17.2 Å². The molecule has 7 rings (SSSR count). The molecule has 174 valence electrons. The second-order valence-corrected chi connectivity index (χ2v) is 10.2. The van der Waals surface area contributed by atoms with Crippen LogP contribution in [0.5, 0.6) is 11.5 Å². The zero-order valence-electron chi connectivity index (χ0n) is 19.8. The molecule has 35 heavy (non-hydrogen) atoms. The van der Waals surface area contributed by atoms with Crippen LogP contribution < -0.4 is 14.5 Å². The largest absolute Gasteiger partial charge is 0.453 e. The van der Waals surface area contributed by atoms with Crippen molar-refractivity contribution in [3.05, 3.63) is 91.4 Å². The van der Waals surface area contributed by atoms with Gasteiger partial charge in [0.2, 0.25) is 0 Å². The number of hydrogen-bond donors (Lipinski definition) is 0. The van der Waals surface area contributed by atoms with Crippen LogP contribution in [0.15, 0.2) is 91.4 Å². The van der Waals surface area contributed by atoms with Gasteiger partial charge in [0.15, 0.2) is 11.5 Å². The standard InChI is InChI=1S/C30H28N4O/c1-30-14-11-23(34(30)29-8-4-5-15-32-29)19-24(20-30)33-25-6-2-3-7-27(25)35-28-18-22(9-10-26(28)33)21-12-16-31-17-13-21/h2-10,12-13,15-18,23-24H,11,14,19-20H2,1H3. The number of fused-ring (bicyclic) bond motifs is 4. The summed E-state index contributed by atoms with van der Waals surface area (Å²) in [5.74, 6) is 2.96. The van der Waals surface area contributed by atoms with E-state index in [0.29, 0.717) is 12.1 Å². The molecule has 3 atom stereocenters. The van der Waals surface area contributed by atoms with Crippen molar-refractivity contribution in [2.75, 3.05) is 9.80 Å². The Morgan fingerprint density at radius 1 is 0.829 bits per heavy atom. The lowest BCUT2D eigenvalue weighted by Crippen LogP contribution is -2.56. The summed E-state index contributed by atoms with van der Waals surface area (Å²) in [5, 5.41) is 0. The summed E-state index contributed by atoms with van der Waals surface area (Å²) in [7, 11) is 0. The zero-order chi connectivity index (χ0) is 23.4. The van der Waals surface area contributed by atoms with E-state index in [4.69, 9.17) is 9.72 Å². The number of para-hydroxylation sites is 2. The van der Waals surface area contributed by atoms with Gasteiger partial charge in [-0.3, -0.25) is 4.98 Å². The van der Waals surface area contributed by atoms with Gasteiger partial charge in [-0.05, 0) is 92.3 Å². The van der Waals surface area contributed by atoms with Crippen LogP contribution in [0, 0.1) is 0 Å². The summed E-state index contributed by atoms with van der Waals surface area (Å²) in [6, 6.07) is 26.3. The molecule has 2 fully saturated rings. The fourth-order valence-corrected chi connectivity index (χ4v) is 6.56. The lowest BCUT2D eigenvalue weighted by Gasteiger charge is -2.50. The van der Waals surface area contributed by atoms with Gasteiger partial charge in [-0.25, -0.2) is 4.98 Å². The molecule has 2 aromatic carbocycles.